The minimum absolute atomic E-state index is 0.158. The van der Waals surface area contributed by atoms with Gasteiger partial charge in [-0.05, 0) is 5.53 Å². The Morgan fingerprint density at radius 2 is 2.43 bits per heavy atom. The van der Waals surface area contributed by atoms with Crippen LogP contribution in [0.2, 0.25) is 0 Å². The second kappa shape index (κ2) is 4.06. The van der Waals surface area contributed by atoms with Crippen molar-refractivity contribution >= 4 is 23.2 Å². The molecular weight excluding hydrogens is 137 g/mol. The molecule has 0 saturated heterocycles. The van der Waals surface area contributed by atoms with E-state index in [0.29, 0.717) is 0 Å². The fourth-order valence-corrected chi connectivity index (χ4v) is 0.188. The van der Waals surface area contributed by atoms with E-state index >= 15 is 0 Å². The van der Waals surface area contributed by atoms with Crippen LogP contribution in [-0.4, -0.2) is 11.4 Å². The van der Waals surface area contributed by atoms with Crippen LogP contribution >= 0.6 is 23.2 Å². The Hall–Kier alpha value is -0.110. The van der Waals surface area contributed by atoms with Crippen LogP contribution in [0.25, 0.3) is 10.4 Å². The van der Waals surface area contributed by atoms with Gasteiger partial charge in [-0.25, -0.2) is 0 Å². The molecule has 40 valence electrons. The van der Waals surface area contributed by atoms with Gasteiger partial charge < -0.3 is 0 Å². The molecule has 0 heterocycles. The zero-order valence-corrected chi connectivity index (χ0v) is 4.89. The topological polar surface area (TPSA) is 48.8 Å². The van der Waals surface area contributed by atoms with Crippen molar-refractivity contribution in [3.05, 3.63) is 10.4 Å². The lowest BCUT2D eigenvalue weighted by Gasteiger charge is -1.87. The maximum absolute atomic E-state index is 7.68. The van der Waals surface area contributed by atoms with Gasteiger partial charge in [0.05, 0.1) is 0 Å². The van der Waals surface area contributed by atoms with Crippen LogP contribution in [0.15, 0.2) is 5.11 Å². The van der Waals surface area contributed by atoms with E-state index < -0.39 is 5.50 Å². The monoisotopic (exact) mass is 139 g/mol. The lowest BCUT2D eigenvalue weighted by molar-refractivity contribution is 1.02. The van der Waals surface area contributed by atoms with E-state index in [1.807, 2.05) is 0 Å². The average Bonchev–Trinajstić information content (AvgIpc) is 1.68. The number of halogens is 2. The van der Waals surface area contributed by atoms with Crippen molar-refractivity contribution in [3.63, 3.8) is 0 Å². The van der Waals surface area contributed by atoms with E-state index in [1.54, 1.807) is 0 Å². The third kappa shape index (κ3) is 3.73. The van der Waals surface area contributed by atoms with Crippen LogP contribution in [0.1, 0.15) is 0 Å². The van der Waals surface area contributed by atoms with Crippen LogP contribution < -0.4 is 0 Å². The molecule has 0 N–H and O–H groups in total. The van der Waals surface area contributed by atoms with Crippen molar-refractivity contribution in [2.45, 2.75) is 5.50 Å². The van der Waals surface area contributed by atoms with Crippen LogP contribution in [0.5, 0.6) is 0 Å². The van der Waals surface area contributed by atoms with Gasteiger partial charge in [0, 0.05) is 10.8 Å². The normalized spacial score (nSPS) is 12.3. The molecule has 0 fully saturated rings. The first kappa shape index (κ1) is 6.89. The van der Waals surface area contributed by atoms with Gasteiger partial charge in [0.2, 0.25) is 0 Å². The van der Waals surface area contributed by atoms with E-state index in [0.717, 1.165) is 0 Å². The standard InChI is InChI=1S/C2H3Cl2N3/c3-1-2(4)6-7-5/h2H,1H2. The van der Waals surface area contributed by atoms with E-state index in [9.17, 15) is 0 Å². The molecule has 1 unspecified atom stereocenters. The first-order valence-corrected chi connectivity index (χ1v) is 2.52. The van der Waals surface area contributed by atoms with Crippen molar-refractivity contribution in [2.75, 3.05) is 5.88 Å². The summed E-state index contributed by atoms with van der Waals surface area (Å²) >= 11 is 10.3. The third-order valence-electron chi connectivity index (χ3n) is 0.304. The highest BCUT2D eigenvalue weighted by Crippen LogP contribution is 1.98. The van der Waals surface area contributed by atoms with Gasteiger partial charge in [0.1, 0.15) is 5.50 Å². The largest absolute Gasteiger partial charge is 0.125 e. The molecule has 0 radical (unpaired) electrons. The van der Waals surface area contributed by atoms with E-state index in [4.69, 9.17) is 28.7 Å². The van der Waals surface area contributed by atoms with Crippen molar-refractivity contribution in [2.24, 2.45) is 5.11 Å². The predicted molar refractivity (Wildman–Crippen MR) is 29.5 cm³/mol. The summed E-state index contributed by atoms with van der Waals surface area (Å²) in [5, 5.41) is 3.06. The molecule has 0 amide bonds. The summed E-state index contributed by atoms with van der Waals surface area (Å²) in [6.45, 7) is 0. The maximum Gasteiger partial charge on any atom is 0.125 e. The Morgan fingerprint density at radius 3 is 2.57 bits per heavy atom. The average molecular weight is 140 g/mol. The molecule has 0 aliphatic carbocycles. The summed E-state index contributed by atoms with van der Waals surface area (Å²) in [5.41, 5.74) is 7.08. The van der Waals surface area contributed by atoms with Crippen molar-refractivity contribution in [3.8, 4) is 0 Å². The Labute approximate surface area is 50.8 Å². The number of azide groups is 1. The fourth-order valence-electron chi connectivity index (χ4n) is 0.0869. The van der Waals surface area contributed by atoms with Crippen molar-refractivity contribution in [1.82, 2.24) is 0 Å². The summed E-state index contributed by atoms with van der Waals surface area (Å²) < 4.78 is 0. The number of hydrogen-bond acceptors (Lipinski definition) is 1. The molecule has 0 aromatic rings. The molecule has 0 aliphatic rings. The molecule has 0 bridgehead atoms. The van der Waals surface area contributed by atoms with Crippen molar-refractivity contribution in [1.29, 1.82) is 0 Å². The highest BCUT2D eigenvalue weighted by atomic mass is 35.5. The number of hydrogen-bond donors (Lipinski definition) is 0. The van der Waals surface area contributed by atoms with Gasteiger partial charge in [-0.2, -0.15) is 0 Å². The molecule has 0 rings (SSSR count). The van der Waals surface area contributed by atoms with Gasteiger partial charge in [-0.1, -0.05) is 5.11 Å². The molecule has 0 aromatic heterocycles. The van der Waals surface area contributed by atoms with E-state index in [-0.39, 0.29) is 5.88 Å². The summed E-state index contributed by atoms with van der Waals surface area (Å²) in [6, 6.07) is 0. The summed E-state index contributed by atoms with van der Waals surface area (Å²) in [6.07, 6.45) is 0. The molecule has 0 aliphatic heterocycles. The van der Waals surface area contributed by atoms with E-state index in [2.05, 4.69) is 10.0 Å². The molecular formula is C2H3Cl2N3. The van der Waals surface area contributed by atoms with Gasteiger partial charge in [-0.15, -0.1) is 23.2 Å². The lowest BCUT2D eigenvalue weighted by atomic mass is 10.8. The Balaban J connectivity index is 3.35. The van der Waals surface area contributed by atoms with Crippen molar-refractivity contribution < 1.29 is 0 Å². The SMILES string of the molecule is [N-]=[N+]=NC(Cl)CCl. The zero-order valence-electron chi connectivity index (χ0n) is 3.38. The van der Waals surface area contributed by atoms with E-state index in [1.165, 1.54) is 0 Å². The molecule has 7 heavy (non-hydrogen) atoms. The second-order valence-corrected chi connectivity index (χ2v) is 1.61. The minimum atomic E-state index is -0.605. The molecule has 0 saturated carbocycles. The Morgan fingerprint density at radius 1 is 1.86 bits per heavy atom. The fraction of sp³-hybridized carbons (Fsp3) is 1.00. The van der Waals surface area contributed by atoms with Gasteiger partial charge >= 0.3 is 0 Å². The molecule has 5 heteroatoms. The number of alkyl halides is 2. The Bertz CT molecular complexity index is 86.9. The van der Waals surface area contributed by atoms with Gasteiger partial charge in [0.15, 0.2) is 0 Å². The van der Waals surface area contributed by atoms with Crippen LogP contribution in [0, 0.1) is 0 Å². The molecule has 1 atom stereocenters. The Kier molecular flexibility index (Phi) is 4.00. The first-order chi connectivity index (χ1) is 3.31. The molecule has 3 nitrogen and oxygen atoms in total. The van der Waals surface area contributed by atoms with Crippen LogP contribution in [0.3, 0.4) is 0 Å². The second-order valence-electron chi connectivity index (χ2n) is 0.794. The highest BCUT2D eigenvalue weighted by molar-refractivity contribution is 6.27. The summed E-state index contributed by atoms with van der Waals surface area (Å²) in [5.74, 6) is 0.158. The highest BCUT2D eigenvalue weighted by Gasteiger charge is 1.93. The third-order valence-corrected chi connectivity index (χ3v) is 0.996. The zero-order chi connectivity index (χ0) is 5.70. The first-order valence-electron chi connectivity index (χ1n) is 1.55. The molecule has 0 aromatic carbocycles. The number of nitrogens with zero attached hydrogens (tertiary/aromatic N) is 3. The summed E-state index contributed by atoms with van der Waals surface area (Å²) in [7, 11) is 0. The van der Waals surface area contributed by atoms with Gasteiger partial charge in [-0.3, -0.25) is 0 Å². The van der Waals surface area contributed by atoms with Crippen LogP contribution in [0.4, 0.5) is 0 Å². The smallest absolute Gasteiger partial charge is 0.125 e. The quantitative estimate of drug-likeness (QED) is 0.185. The van der Waals surface area contributed by atoms with Gasteiger partial charge in [0.25, 0.3) is 0 Å². The lowest BCUT2D eigenvalue weighted by Crippen LogP contribution is -1.90. The maximum atomic E-state index is 7.68. The summed E-state index contributed by atoms with van der Waals surface area (Å²) in [4.78, 5) is 2.42. The minimum Gasteiger partial charge on any atom is -0.125 e. The van der Waals surface area contributed by atoms with Crippen LogP contribution in [-0.2, 0) is 0 Å². The number of rotatable bonds is 2. The predicted octanol–water partition coefficient (Wildman–Crippen LogP) is 2.10. The molecule has 0 spiro atoms.